The largest absolute Gasteiger partial charge is 0.416 e. The number of aromatic nitrogens is 2. The molecular weight excluding hydrogens is 454 g/mol. The number of hydrogen-bond acceptors (Lipinski definition) is 5. The van der Waals surface area contributed by atoms with E-state index in [2.05, 4.69) is 9.97 Å². The third-order valence-electron chi connectivity index (χ3n) is 5.58. The van der Waals surface area contributed by atoms with Gasteiger partial charge in [-0.25, -0.2) is 9.97 Å². The Kier molecular flexibility index (Phi) is 5.97. The second-order valence-corrected chi connectivity index (χ2v) is 7.89. The second kappa shape index (κ2) is 8.47. The average Bonchev–Trinajstić information content (AvgIpc) is 2.77. The smallest absolute Gasteiger partial charge is 0.378 e. The van der Waals surface area contributed by atoms with E-state index in [1.165, 1.54) is 4.90 Å². The summed E-state index contributed by atoms with van der Waals surface area (Å²) >= 11 is 0. The first-order chi connectivity index (χ1) is 15.4. The van der Waals surface area contributed by atoms with Gasteiger partial charge < -0.3 is 14.5 Å². The fraction of sp³-hybridized carbons (Fsp3) is 0.476. The molecule has 1 aromatic heterocycles. The SMILES string of the molecule is Cc1nc2c(c(N3CCOCC3)n1)CN(C(=O)c1cc(C(F)(F)F)cc(C(F)(F)F)c1)CC2. The molecule has 0 saturated carbocycles. The summed E-state index contributed by atoms with van der Waals surface area (Å²) in [4.78, 5) is 25.2. The van der Waals surface area contributed by atoms with E-state index in [1.807, 2.05) is 4.90 Å². The second-order valence-electron chi connectivity index (χ2n) is 7.89. The highest BCUT2D eigenvalue weighted by atomic mass is 19.4. The van der Waals surface area contributed by atoms with E-state index in [1.54, 1.807) is 6.92 Å². The number of benzene rings is 1. The van der Waals surface area contributed by atoms with E-state index < -0.39 is 35.0 Å². The van der Waals surface area contributed by atoms with Crippen LogP contribution >= 0.6 is 0 Å². The molecule has 0 spiro atoms. The van der Waals surface area contributed by atoms with E-state index in [9.17, 15) is 31.1 Å². The van der Waals surface area contributed by atoms with E-state index in [-0.39, 0.29) is 19.2 Å². The number of fused-ring (bicyclic) bond motifs is 1. The Bertz CT molecular complexity index is 1030. The Morgan fingerprint density at radius 3 is 2.12 bits per heavy atom. The summed E-state index contributed by atoms with van der Waals surface area (Å²) in [6.07, 6.45) is -9.74. The number of anilines is 1. The number of rotatable bonds is 2. The zero-order chi connectivity index (χ0) is 24.0. The van der Waals surface area contributed by atoms with Gasteiger partial charge in [0, 0.05) is 37.2 Å². The van der Waals surface area contributed by atoms with Gasteiger partial charge >= 0.3 is 12.4 Å². The predicted octanol–water partition coefficient (Wildman–Crippen LogP) is 3.86. The molecule has 3 heterocycles. The maximum Gasteiger partial charge on any atom is 0.416 e. The van der Waals surface area contributed by atoms with Gasteiger partial charge in [0.1, 0.15) is 11.6 Å². The van der Waals surface area contributed by atoms with Crippen LogP contribution in [0.15, 0.2) is 18.2 Å². The summed E-state index contributed by atoms with van der Waals surface area (Å²) in [6, 6.07) is 0.929. The van der Waals surface area contributed by atoms with Crippen LogP contribution < -0.4 is 4.90 Å². The zero-order valence-electron chi connectivity index (χ0n) is 17.6. The summed E-state index contributed by atoms with van der Waals surface area (Å²) in [5, 5.41) is 0. The highest BCUT2D eigenvalue weighted by Crippen LogP contribution is 2.37. The lowest BCUT2D eigenvalue weighted by Gasteiger charge is -2.34. The number of nitrogens with zero attached hydrogens (tertiary/aromatic N) is 4. The van der Waals surface area contributed by atoms with Gasteiger partial charge in [0.15, 0.2) is 0 Å². The number of aryl methyl sites for hydroxylation is 1. The summed E-state index contributed by atoms with van der Waals surface area (Å²) in [5.74, 6) is 0.242. The van der Waals surface area contributed by atoms with Gasteiger partial charge in [-0.3, -0.25) is 4.79 Å². The minimum atomic E-state index is -5.03. The minimum Gasteiger partial charge on any atom is -0.378 e. The van der Waals surface area contributed by atoms with Crippen LogP contribution in [0.3, 0.4) is 0 Å². The number of morpholine rings is 1. The Balaban J connectivity index is 1.68. The van der Waals surface area contributed by atoms with Gasteiger partial charge in [-0.2, -0.15) is 26.3 Å². The number of amides is 1. The van der Waals surface area contributed by atoms with Crippen LogP contribution in [0.5, 0.6) is 0 Å². The van der Waals surface area contributed by atoms with Crippen molar-refractivity contribution in [1.29, 1.82) is 0 Å². The van der Waals surface area contributed by atoms with Crippen molar-refractivity contribution in [3.05, 3.63) is 52.0 Å². The lowest BCUT2D eigenvalue weighted by molar-refractivity contribution is -0.143. The van der Waals surface area contributed by atoms with Crippen molar-refractivity contribution < 1.29 is 35.9 Å². The van der Waals surface area contributed by atoms with Crippen molar-refractivity contribution >= 4 is 11.7 Å². The Hall–Kier alpha value is -2.89. The number of alkyl halides is 6. The number of carbonyl (C=O) groups is 1. The van der Waals surface area contributed by atoms with Crippen molar-refractivity contribution in [1.82, 2.24) is 14.9 Å². The van der Waals surface area contributed by atoms with Gasteiger partial charge in [-0.1, -0.05) is 0 Å². The third kappa shape index (κ3) is 4.90. The highest BCUT2D eigenvalue weighted by molar-refractivity contribution is 5.95. The molecule has 0 bridgehead atoms. The third-order valence-corrected chi connectivity index (χ3v) is 5.58. The molecule has 2 aromatic rings. The summed E-state index contributed by atoms with van der Waals surface area (Å²) in [5.41, 5.74) is -2.35. The molecule has 12 heteroatoms. The molecule has 2 aliphatic heterocycles. The highest BCUT2D eigenvalue weighted by Gasteiger charge is 2.38. The predicted molar refractivity (Wildman–Crippen MR) is 105 cm³/mol. The summed E-state index contributed by atoms with van der Waals surface area (Å²) in [7, 11) is 0. The first-order valence-corrected chi connectivity index (χ1v) is 10.2. The van der Waals surface area contributed by atoms with E-state index in [0.717, 1.165) is 0 Å². The molecule has 1 amide bonds. The lowest BCUT2D eigenvalue weighted by Crippen LogP contribution is -2.41. The molecule has 0 unspecified atom stereocenters. The van der Waals surface area contributed by atoms with Crippen molar-refractivity contribution in [2.24, 2.45) is 0 Å². The first kappa shape index (κ1) is 23.3. The molecule has 1 fully saturated rings. The molecule has 178 valence electrons. The normalized spacial score (nSPS) is 17.2. The molecule has 33 heavy (non-hydrogen) atoms. The number of ether oxygens (including phenoxy) is 1. The van der Waals surface area contributed by atoms with Crippen molar-refractivity contribution in [2.45, 2.75) is 32.2 Å². The monoisotopic (exact) mass is 474 g/mol. The van der Waals surface area contributed by atoms with Crippen LogP contribution in [0.1, 0.15) is 38.6 Å². The number of carbonyl (C=O) groups excluding carboxylic acids is 1. The van der Waals surface area contributed by atoms with Gasteiger partial charge in [0.2, 0.25) is 0 Å². The molecule has 0 atom stereocenters. The maximum absolute atomic E-state index is 13.2. The first-order valence-electron chi connectivity index (χ1n) is 10.2. The van der Waals surface area contributed by atoms with Gasteiger partial charge in [-0.15, -0.1) is 0 Å². The van der Waals surface area contributed by atoms with Crippen LogP contribution in [0.2, 0.25) is 0 Å². The number of hydrogen-bond donors (Lipinski definition) is 0. The van der Waals surface area contributed by atoms with Crippen LogP contribution in [0.4, 0.5) is 32.2 Å². The number of halogens is 6. The molecule has 1 saturated heterocycles. The fourth-order valence-electron chi connectivity index (χ4n) is 3.99. The molecule has 2 aliphatic rings. The van der Waals surface area contributed by atoms with E-state index >= 15 is 0 Å². The van der Waals surface area contributed by atoms with Gasteiger partial charge in [0.05, 0.1) is 36.6 Å². The molecule has 0 aliphatic carbocycles. The van der Waals surface area contributed by atoms with Crippen LogP contribution in [-0.4, -0.2) is 53.6 Å². The molecule has 6 nitrogen and oxygen atoms in total. The van der Waals surface area contributed by atoms with Gasteiger partial charge in [-0.05, 0) is 25.1 Å². The minimum absolute atomic E-state index is 0.00936. The maximum atomic E-state index is 13.2. The molecular formula is C21H20F6N4O2. The summed E-state index contributed by atoms with van der Waals surface area (Å²) < 4.78 is 84.6. The van der Waals surface area contributed by atoms with Crippen molar-refractivity contribution in [3.8, 4) is 0 Å². The topological polar surface area (TPSA) is 58.6 Å². The lowest BCUT2D eigenvalue weighted by atomic mass is 10.0. The van der Waals surface area contributed by atoms with Crippen molar-refractivity contribution in [3.63, 3.8) is 0 Å². The standard InChI is InChI=1S/C21H20F6N4O2/c1-12-28-17-2-3-31(11-16(17)18(29-12)30-4-6-33-7-5-30)19(32)13-8-14(20(22,23)24)10-15(9-13)21(25,26)27/h8-10H,2-7,11H2,1H3. The van der Waals surface area contributed by atoms with Crippen LogP contribution in [-0.2, 0) is 30.1 Å². The van der Waals surface area contributed by atoms with E-state index in [0.29, 0.717) is 67.8 Å². The molecule has 0 N–H and O–H groups in total. The Morgan fingerprint density at radius 1 is 0.939 bits per heavy atom. The average molecular weight is 474 g/mol. The quantitative estimate of drug-likeness (QED) is 0.619. The van der Waals surface area contributed by atoms with Gasteiger partial charge in [0.25, 0.3) is 5.91 Å². The van der Waals surface area contributed by atoms with Crippen molar-refractivity contribution in [2.75, 3.05) is 37.7 Å². The fourth-order valence-corrected chi connectivity index (χ4v) is 3.99. The van der Waals surface area contributed by atoms with Crippen LogP contribution in [0.25, 0.3) is 0 Å². The molecule has 4 rings (SSSR count). The van der Waals surface area contributed by atoms with E-state index in [4.69, 9.17) is 4.74 Å². The zero-order valence-corrected chi connectivity index (χ0v) is 17.6. The van der Waals surface area contributed by atoms with Crippen LogP contribution in [0, 0.1) is 6.92 Å². The molecule has 1 aromatic carbocycles. The Morgan fingerprint density at radius 2 is 1.55 bits per heavy atom. The Labute approximate surface area is 185 Å². The summed E-state index contributed by atoms with van der Waals surface area (Å²) in [6.45, 7) is 3.96. The molecule has 0 radical (unpaired) electrons.